The van der Waals surface area contributed by atoms with Gasteiger partial charge in [-0.25, -0.2) is 0 Å². The van der Waals surface area contributed by atoms with Gasteiger partial charge < -0.3 is 10.6 Å². The summed E-state index contributed by atoms with van der Waals surface area (Å²) in [6.07, 6.45) is 6.62. The van der Waals surface area contributed by atoms with Crippen LogP contribution < -0.4 is 5.73 Å². The van der Waals surface area contributed by atoms with Gasteiger partial charge >= 0.3 is 0 Å². The van der Waals surface area contributed by atoms with Crippen LogP contribution in [0.2, 0.25) is 0 Å². The molecule has 0 spiro atoms. The number of amides is 1. The number of nitrogens with two attached hydrogens (primary N) is 1. The van der Waals surface area contributed by atoms with E-state index in [0.717, 1.165) is 17.7 Å². The molecule has 1 aliphatic rings. The highest BCUT2D eigenvalue weighted by molar-refractivity contribution is 7.80. The van der Waals surface area contributed by atoms with Crippen molar-refractivity contribution in [3.8, 4) is 0 Å². The molecule has 0 radical (unpaired) electrons. The van der Waals surface area contributed by atoms with Gasteiger partial charge in [0, 0.05) is 23.9 Å². The largest absolute Gasteiger partial charge is 0.393 e. The van der Waals surface area contributed by atoms with Crippen molar-refractivity contribution in [3.63, 3.8) is 0 Å². The number of thiocarbonyl (C=S) groups is 1. The van der Waals surface area contributed by atoms with Crippen molar-refractivity contribution in [2.45, 2.75) is 58.4 Å². The summed E-state index contributed by atoms with van der Waals surface area (Å²) in [7, 11) is 0. The summed E-state index contributed by atoms with van der Waals surface area (Å²) in [5.41, 5.74) is 6.96. The minimum Gasteiger partial charge on any atom is -0.393 e. The summed E-state index contributed by atoms with van der Waals surface area (Å²) in [5, 5.41) is 0. The maximum absolute atomic E-state index is 12.8. The molecule has 2 N–H and O–H groups in total. The molecule has 1 heterocycles. The fourth-order valence-corrected chi connectivity index (χ4v) is 4.04. The van der Waals surface area contributed by atoms with E-state index in [-0.39, 0.29) is 11.9 Å². The Bertz CT molecular complexity index is 499. The first-order valence-electron chi connectivity index (χ1n) is 7.70. The highest BCUT2D eigenvalue weighted by Gasteiger charge is 2.22. The van der Waals surface area contributed by atoms with E-state index in [9.17, 15) is 4.79 Å². The Labute approximate surface area is 136 Å². The maximum atomic E-state index is 12.8. The first kappa shape index (κ1) is 16.4. The second kappa shape index (κ2) is 7.36. The zero-order chi connectivity index (χ0) is 15.4. The van der Waals surface area contributed by atoms with Crippen molar-refractivity contribution in [1.29, 1.82) is 0 Å². The third-order valence-electron chi connectivity index (χ3n) is 3.94. The van der Waals surface area contributed by atoms with E-state index in [4.69, 9.17) is 18.0 Å². The highest BCUT2D eigenvalue weighted by Crippen LogP contribution is 2.30. The van der Waals surface area contributed by atoms with Crippen LogP contribution in [0.25, 0.3) is 0 Å². The van der Waals surface area contributed by atoms with Crippen LogP contribution in [0, 0.1) is 0 Å². The van der Waals surface area contributed by atoms with Crippen molar-refractivity contribution < 1.29 is 4.79 Å². The molecule has 0 atom stereocenters. The van der Waals surface area contributed by atoms with Crippen LogP contribution in [-0.4, -0.2) is 28.4 Å². The van der Waals surface area contributed by atoms with Crippen molar-refractivity contribution in [3.05, 3.63) is 21.4 Å². The van der Waals surface area contributed by atoms with Crippen molar-refractivity contribution >= 4 is 34.5 Å². The number of hydrogen-bond donors (Lipinski definition) is 1. The quantitative estimate of drug-likeness (QED) is 0.665. The van der Waals surface area contributed by atoms with E-state index in [1.54, 1.807) is 11.3 Å². The van der Waals surface area contributed by atoms with E-state index in [1.165, 1.54) is 29.7 Å². The highest BCUT2D eigenvalue weighted by atomic mass is 32.1. The summed E-state index contributed by atoms with van der Waals surface area (Å²) in [5.74, 6) is 0.124. The zero-order valence-corrected chi connectivity index (χ0v) is 14.5. The van der Waals surface area contributed by atoms with Crippen molar-refractivity contribution in [2.24, 2.45) is 5.73 Å². The Balaban J connectivity index is 2.14. The molecule has 2 rings (SSSR count). The van der Waals surface area contributed by atoms with E-state index < -0.39 is 0 Å². The molecule has 0 saturated heterocycles. The SMILES string of the molecule is CC(C)N(CCC(N)=S)C(=O)c1cc2c(s1)CCCCC2. The third-order valence-corrected chi connectivity index (χ3v) is 5.37. The van der Waals surface area contributed by atoms with E-state index in [2.05, 4.69) is 6.07 Å². The van der Waals surface area contributed by atoms with Gasteiger partial charge in [-0.1, -0.05) is 18.6 Å². The number of carbonyl (C=O) groups excluding carboxylic acids is 1. The van der Waals surface area contributed by atoms with Crippen LogP contribution >= 0.6 is 23.6 Å². The Morgan fingerprint density at radius 1 is 1.38 bits per heavy atom. The molecule has 5 heteroatoms. The molecule has 0 aliphatic heterocycles. The fraction of sp³-hybridized carbons (Fsp3) is 0.625. The molecule has 0 aromatic carbocycles. The minimum absolute atomic E-state index is 0.124. The molecule has 0 fully saturated rings. The summed E-state index contributed by atoms with van der Waals surface area (Å²) in [6, 6.07) is 2.28. The van der Waals surface area contributed by atoms with Gasteiger partial charge in [-0.2, -0.15) is 0 Å². The molecule has 3 nitrogen and oxygen atoms in total. The van der Waals surface area contributed by atoms with Gasteiger partial charge in [0.25, 0.3) is 5.91 Å². The molecule has 0 bridgehead atoms. The fourth-order valence-electron chi connectivity index (χ4n) is 2.74. The monoisotopic (exact) mass is 324 g/mol. The predicted molar refractivity (Wildman–Crippen MR) is 93.2 cm³/mol. The number of thiophene rings is 1. The van der Waals surface area contributed by atoms with E-state index >= 15 is 0 Å². The molecule has 116 valence electrons. The van der Waals surface area contributed by atoms with Crippen molar-refractivity contribution in [2.75, 3.05) is 6.54 Å². The molecule has 1 aliphatic carbocycles. The molecule has 1 amide bonds. The molecule has 1 aromatic rings. The van der Waals surface area contributed by atoms with Crippen LogP contribution in [0.5, 0.6) is 0 Å². The lowest BCUT2D eigenvalue weighted by molar-refractivity contribution is 0.0716. The van der Waals surface area contributed by atoms with E-state index in [1.807, 2.05) is 18.7 Å². The lowest BCUT2D eigenvalue weighted by Crippen LogP contribution is -2.38. The Morgan fingerprint density at radius 2 is 2.10 bits per heavy atom. The summed E-state index contributed by atoms with van der Waals surface area (Å²) in [6.45, 7) is 4.68. The molecule has 0 saturated carbocycles. The lowest BCUT2D eigenvalue weighted by atomic mass is 10.1. The van der Waals surface area contributed by atoms with Crippen LogP contribution in [-0.2, 0) is 12.8 Å². The van der Waals surface area contributed by atoms with Crippen LogP contribution in [0.15, 0.2) is 6.07 Å². The second-order valence-electron chi connectivity index (χ2n) is 5.93. The topological polar surface area (TPSA) is 46.3 Å². The average molecular weight is 325 g/mol. The van der Waals surface area contributed by atoms with Gasteiger partial charge in [0.2, 0.25) is 0 Å². The summed E-state index contributed by atoms with van der Waals surface area (Å²) in [4.78, 5) is 17.4. The second-order valence-corrected chi connectivity index (χ2v) is 7.59. The Morgan fingerprint density at radius 3 is 2.76 bits per heavy atom. The predicted octanol–water partition coefficient (Wildman–Crippen LogP) is 3.54. The molecular formula is C16H24N2OS2. The standard InChI is InChI=1S/C16H24N2OS2/c1-11(2)18(9-8-15(17)20)16(19)14-10-12-6-4-3-5-7-13(12)21-14/h10-11H,3-9H2,1-2H3,(H2,17,20). The molecule has 21 heavy (non-hydrogen) atoms. The zero-order valence-electron chi connectivity index (χ0n) is 12.9. The molecule has 1 aromatic heterocycles. The molecular weight excluding hydrogens is 300 g/mol. The average Bonchev–Trinajstić information content (AvgIpc) is 2.69. The van der Waals surface area contributed by atoms with Gasteiger partial charge in [-0.3, -0.25) is 4.79 Å². The maximum Gasteiger partial charge on any atom is 0.264 e. The smallest absolute Gasteiger partial charge is 0.264 e. The van der Waals surface area contributed by atoms with Gasteiger partial charge in [-0.15, -0.1) is 11.3 Å². The van der Waals surface area contributed by atoms with Crippen LogP contribution in [0.1, 0.15) is 59.6 Å². The number of aryl methyl sites for hydroxylation is 2. The van der Waals surface area contributed by atoms with Gasteiger partial charge in [0.1, 0.15) is 0 Å². The lowest BCUT2D eigenvalue weighted by Gasteiger charge is -2.26. The first-order valence-corrected chi connectivity index (χ1v) is 8.92. The number of carbonyl (C=O) groups is 1. The van der Waals surface area contributed by atoms with Crippen LogP contribution in [0.3, 0.4) is 0 Å². The Kier molecular flexibility index (Phi) is 5.76. The number of hydrogen-bond acceptors (Lipinski definition) is 3. The Hall–Kier alpha value is -0.940. The number of rotatable bonds is 5. The number of nitrogens with zero attached hydrogens (tertiary/aromatic N) is 1. The van der Waals surface area contributed by atoms with E-state index in [0.29, 0.717) is 18.0 Å². The summed E-state index contributed by atoms with van der Waals surface area (Å²) >= 11 is 6.61. The number of fused-ring (bicyclic) bond motifs is 1. The first-order chi connectivity index (χ1) is 9.99. The van der Waals surface area contributed by atoms with Crippen molar-refractivity contribution in [1.82, 2.24) is 4.90 Å². The third kappa shape index (κ3) is 4.27. The summed E-state index contributed by atoms with van der Waals surface area (Å²) < 4.78 is 0. The molecule has 0 unspecified atom stereocenters. The normalized spacial score (nSPS) is 14.6. The van der Waals surface area contributed by atoms with Gasteiger partial charge in [-0.05, 0) is 51.2 Å². The van der Waals surface area contributed by atoms with Gasteiger partial charge in [0.05, 0.1) is 9.87 Å². The van der Waals surface area contributed by atoms with Crippen LogP contribution in [0.4, 0.5) is 0 Å². The minimum atomic E-state index is 0.124. The van der Waals surface area contributed by atoms with Gasteiger partial charge in [0.15, 0.2) is 0 Å².